The van der Waals surface area contributed by atoms with Crippen molar-refractivity contribution in [2.24, 2.45) is 11.8 Å². The molecule has 0 aromatic carbocycles. The topological polar surface area (TPSA) is 211 Å². The van der Waals surface area contributed by atoms with Gasteiger partial charge in [0.2, 0.25) is 0 Å². The number of ether oxygens (including phenoxy) is 2. The molecule has 6 aromatic rings. The van der Waals surface area contributed by atoms with Gasteiger partial charge in [0.1, 0.15) is 36.0 Å². The third-order valence-electron chi connectivity index (χ3n) is 11.8. The van der Waals surface area contributed by atoms with Crippen molar-refractivity contribution < 1.29 is 9.47 Å². The Morgan fingerprint density at radius 3 is 1.70 bits per heavy atom. The van der Waals surface area contributed by atoms with E-state index >= 15 is 0 Å². The van der Waals surface area contributed by atoms with Gasteiger partial charge in [0.25, 0.3) is 11.1 Å². The first-order valence-corrected chi connectivity index (χ1v) is 21.6. The van der Waals surface area contributed by atoms with Crippen LogP contribution in [0.3, 0.4) is 0 Å². The maximum atomic E-state index is 12.7. The third kappa shape index (κ3) is 9.86. The summed E-state index contributed by atoms with van der Waals surface area (Å²) >= 11 is 3.27. The SMILES string of the molecule is BrCc1ccncn1.C.CC1CN(Cc2ccncn2)CC1c1nn2c(C3CCOCC3)ncc2c(=O)[nH]1.CC1CNCC1c1nn2c(C3CCOCC3)ncc2c(=O)[nH]1. The molecule has 3 N–H and O–H groups in total. The standard InChI is InChI=1S/C20H25N7O2.C15H21N5O2.C5H5BrN2.CH4/c1-13-9-26(10-15-2-5-21-12-23-15)11-16(13)18-24-20(28)17-8-22-19(27(17)25-18)14-3-6-29-7-4-14;1-9-6-16-7-11(9)13-18-15(21)12-8-17-14(20(12)19-13)10-2-4-22-5-3-10;6-3-5-1-2-7-4-8-5;/h2,5,8,12-14,16H,3-4,6-7,9-11H2,1H3,(H,24,25,28);8-11,16H,2-7H2,1H3,(H,18,19,21);1-2,4H,3H2;1H4. The van der Waals surface area contributed by atoms with Crippen molar-refractivity contribution in [3.63, 3.8) is 0 Å². The molecule has 60 heavy (non-hydrogen) atoms. The van der Waals surface area contributed by atoms with Gasteiger partial charge in [-0.1, -0.05) is 37.2 Å². The van der Waals surface area contributed by atoms with Crippen molar-refractivity contribution in [2.45, 2.75) is 82.5 Å². The molecule has 19 heteroatoms. The van der Waals surface area contributed by atoms with Crippen LogP contribution in [0.2, 0.25) is 0 Å². The van der Waals surface area contributed by atoms with Crippen LogP contribution in [0.4, 0.5) is 0 Å². The molecule has 4 aliphatic rings. The van der Waals surface area contributed by atoms with Gasteiger partial charge < -0.3 is 24.8 Å². The third-order valence-corrected chi connectivity index (χ3v) is 12.4. The minimum atomic E-state index is -0.123. The van der Waals surface area contributed by atoms with Crippen LogP contribution in [0.5, 0.6) is 0 Å². The van der Waals surface area contributed by atoms with Crippen molar-refractivity contribution in [3.8, 4) is 0 Å². The Labute approximate surface area is 356 Å². The maximum absolute atomic E-state index is 12.7. The molecule has 4 unspecified atom stereocenters. The second-order valence-electron chi connectivity index (χ2n) is 15.8. The zero-order valence-corrected chi connectivity index (χ0v) is 35.0. The van der Waals surface area contributed by atoms with Gasteiger partial charge >= 0.3 is 0 Å². The Morgan fingerprint density at radius 2 is 1.23 bits per heavy atom. The van der Waals surface area contributed by atoms with Crippen LogP contribution in [0.15, 0.2) is 59.2 Å². The molecule has 0 aliphatic carbocycles. The lowest BCUT2D eigenvalue weighted by Gasteiger charge is -2.21. The predicted molar refractivity (Wildman–Crippen MR) is 228 cm³/mol. The van der Waals surface area contributed by atoms with Crippen molar-refractivity contribution in [1.29, 1.82) is 0 Å². The normalized spacial score (nSPS) is 22.5. The molecule has 10 rings (SSSR count). The van der Waals surface area contributed by atoms with Crippen LogP contribution in [-0.4, -0.2) is 117 Å². The fraction of sp³-hybridized carbons (Fsp3) is 0.561. The summed E-state index contributed by atoms with van der Waals surface area (Å²) < 4.78 is 14.4. The molecule has 0 spiro atoms. The minimum Gasteiger partial charge on any atom is -0.381 e. The number of hydrogen-bond acceptors (Lipinski definition) is 14. The lowest BCUT2D eigenvalue weighted by Crippen LogP contribution is -2.24. The molecular weight excluding hydrogens is 832 g/mol. The fourth-order valence-electron chi connectivity index (χ4n) is 8.43. The zero-order chi connectivity index (χ0) is 40.7. The Morgan fingerprint density at radius 1 is 0.700 bits per heavy atom. The first kappa shape index (κ1) is 43.3. The summed E-state index contributed by atoms with van der Waals surface area (Å²) in [6.45, 7) is 11.7. The molecule has 0 bridgehead atoms. The molecule has 6 aromatic heterocycles. The Hall–Kier alpha value is -4.82. The van der Waals surface area contributed by atoms with Gasteiger partial charge in [-0.15, -0.1) is 0 Å². The second kappa shape index (κ2) is 20.2. The van der Waals surface area contributed by atoms with Gasteiger partial charge in [-0.3, -0.25) is 14.5 Å². The van der Waals surface area contributed by atoms with Crippen LogP contribution in [-0.2, 0) is 21.3 Å². The highest BCUT2D eigenvalue weighted by atomic mass is 79.9. The molecular formula is C41H55BrN14O4. The average Bonchev–Trinajstić information content (AvgIpc) is 4.09. The van der Waals surface area contributed by atoms with Gasteiger partial charge in [-0.2, -0.15) is 10.2 Å². The van der Waals surface area contributed by atoms with Crippen LogP contribution in [0.25, 0.3) is 11.0 Å². The first-order valence-electron chi connectivity index (χ1n) is 20.5. The molecule has 0 radical (unpaired) electrons. The van der Waals surface area contributed by atoms with Gasteiger partial charge in [-0.25, -0.2) is 38.9 Å². The number of imidazole rings is 2. The van der Waals surface area contributed by atoms with E-state index in [1.807, 2.05) is 12.1 Å². The molecule has 4 fully saturated rings. The number of hydrogen-bond donors (Lipinski definition) is 3. The summed E-state index contributed by atoms with van der Waals surface area (Å²) in [5.41, 5.74) is 2.83. The van der Waals surface area contributed by atoms with Crippen LogP contribution >= 0.6 is 15.9 Å². The number of nitrogens with zero attached hydrogens (tertiary/aromatic N) is 11. The van der Waals surface area contributed by atoms with Crippen molar-refractivity contribution in [3.05, 3.63) is 105 Å². The highest BCUT2D eigenvalue weighted by Crippen LogP contribution is 2.32. The molecule has 10 heterocycles. The summed E-state index contributed by atoms with van der Waals surface area (Å²) in [5, 5.41) is 13.7. The lowest BCUT2D eigenvalue weighted by atomic mass is 9.97. The van der Waals surface area contributed by atoms with E-state index in [9.17, 15) is 9.59 Å². The zero-order valence-electron chi connectivity index (χ0n) is 33.4. The number of H-pyrrole nitrogens is 2. The van der Waals surface area contributed by atoms with Crippen molar-refractivity contribution in [2.75, 3.05) is 52.6 Å². The number of alkyl halides is 1. The van der Waals surface area contributed by atoms with Gasteiger partial charge in [0.05, 0.1) is 23.8 Å². The van der Waals surface area contributed by atoms with E-state index in [-0.39, 0.29) is 36.3 Å². The Bertz CT molecular complexity index is 2400. The summed E-state index contributed by atoms with van der Waals surface area (Å²) in [7, 11) is 0. The van der Waals surface area contributed by atoms with E-state index in [0.717, 1.165) is 125 Å². The number of nitrogens with one attached hydrogen (secondary N) is 3. The van der Waals surface area contributed by atoms with Gasteiger partial charge in [0.15, 0.2) is 11.0 Å². The van der Waals surface area contributed by atoms with E-state index in [0.29, 0.717) is 28.8 Å². The number of halogens is 1. The van der Waals surface area contributed by atoms with Crippen molar-refractivity contribution >= 4 is 27.0 Å². The lowest BCUT2D eigenvalue weighted by molar-refractivity contribution is 0.0831. The molecule has 18 nitrogen and oxygen atoms in total. The van der Waals surface area contributed by atoms with E-state index in [1.165, 1.54) is 6.33 Å². The fourth-order valence-corrected chi connectivity index (χ4v) is 8.77. The minimum absolute atomic E-state index is 0. The largest absolute Gasteiger partial charge is 0.381 e. The van der Waals surface area contributed by atoms with Gasteiger partial charge in [-0.05, 0) is 56.2 Å². The van der Waals surface area contributed by atoms with E-state index in [2.05, 4.69) is 79.9 Å². The molecule has 0 amide bonds. The van der Waals surface area contributed by atoms with Gasteiger partial charge in [0, 0.05) is 94.0 Å². The molecule has 4 aliphatic heterocycles. The van der Waals surface area contributed by atoms with E-state index < -0.39 is 0 Å². The Balaban J connectivity index is 0.000000155. The highest BCUT2D eigenvalue weighted by Gasteiger charge is 2.34. The van der Waals surface area contributed by atoms with Crippen LogP contribution < -0.4 is 16.4 Å². The van der Waals surface area contributed by atoms with Crippen molar-refractivity contribution in [1.82, 2.24) is 69.3 Å². The number of fused-ring (bicyclic) bond motifs is 2. The monoisotopic (exact) mass is 886 g/mol. The summed E-state index contributed by atoms with van der Waals surface area (Å²) in [6.07, 6.45) is 13.6. The highest BCUT2D eigenvalue weighted by molar-refractivity contribution is 9.08. The molecule has 4 atom stereocenters. The van der Waals surface area contributed by atoms with Crippen LogP contribution in [0.1, 0.15) is 105 Å². The summed E-state index contributed by atoms with van der Waals surface area (Å²) in [6, 6.07) is 3.81. The Kier molecular flexibility index (Phi) is 14.5. The van der Waals surface area contributed by atoms with E-state index in [1.54, 1.807) is 40.1 Å². The second-order valence-corrected chi connectivity index (χ2v) is 16.4. The molecule has 4 saturated heterocycles. The number of aromatic nitrogens is 12. The quantitative estimate of drug-likeness (QED) is 0.194. The maximum Gasteiger partial charge on any atom is 0.276 e. The summed E-state index contributed by atoms with van der Waals surface area (Å²) in [4.78, 5) is 58.4. The molecule has 0 saturated carbocycles. The number of likely N-dealkylation sites (tertiary alicyclic amines) is 1. The first-order chi connectivity index (χ1) is 28.9. The van der Waals surface area contributed by atoms with Crippen LogP contribution in [0, 0.1) is 11.8 Å². The predicted octanol–water partition coefficient (Wildman–Crippen LogP) is 3.98. The van der Waals surface area contributed by atoms with E-state index in [4.69, 9.17) is 19.7 Å². The summed E-state index contributed by atoms with van der Waals surface area (Å²) in [5.74, 6) is 5.14. The molecule has 320 valence electrons. The number of aromatic amines is 2. The average molecular weight is 888 g/mol. The number of rotatable bonds is 7. The smallest absolute Gasteiger partial charge is 0.276 e.